The molecule has 0 amide bonds. The van der Waals surface area contributed by atoms with Crippen LogP contribution >= 0.6 is 0 Å². The molecule has 0 aromatic rings. The quantitative estimate of drug-likeness (QED) is 0.743. The van der Waals surface area contributed by atoms with E-state index >= 15 is 0 Å². The third kappa shape index (κ3) is 1.91. The fraction of sp³-hybridized carbons (Fsp3) is 1.00. The van der Waals surface area contributed by atoms with E-state index in [1.165, 1.54) is 0 Å². The molecule has 2 nitrogen and oxygen atoms in total. The number of fused-ring (bicyclic) bond motifs is 2. The highest BCUT2D eigenvalue weighted by Gasteiger charge is 2.48. The zero-order valence-electron chi connectivity index (χ0n) is 8.22. The Morgan fingerprint density at radius 2 is 1.79 bits per heavy atom. The molecule has 1 saturated carbocycles. The third-order valence-electron chi connectivity index (χ3n) is 3.50. The Hall–Kier alpha value is -0.220. The van der Waals surface area contributed by atoms with Crippen molar-refractivity contribution >= 4 is 0 Å². The Balaban J connectivity index is 2.07. The monoisotopic (exact) mass is 205 g/mol. The molecular weight excluding hydrogens is 188 g/mol. The number of ether oxygens (including phenoxy) is 1. The minimum atomic E-state index is -2.47. The number of alkyl halides is 2. The van der Waals surface area contributed by atoms with Gasteiger partial charge in [0, 0.05) is 26.1 Å². The van der Waals surface area contributed by atoms with E-state index < -0.39 is 5.92 Å². The van der Waals surface area contributed by atoms with Gasteiger partial charge >= 0.3 is 0 Å². The summed E-state index contributed by atoms with van der Waals surface area (Å²) >= 11 is 0. The number of nitrogens with two attached hydrogens (primary N) is 1. The molecule has 2 bridgehead atoms. The molecule has 1 aliphatic heterocycles. The van der Waals surface area contributed by atoms with Crippen LogP contribution < -0.4 is 5.73 Å². The van der Waals surface area contributed by atoms with Gasteiger partial charge in [-0.2, -0.15) is 0 Å². The van der Waals surface area contributed by atoms with Crippen LogP contribution in [0.5, 0.6) is 0 Å². The van der Waals surface area contributed by atoms with Crippen LogP contribution in [0.4, 0.5) is 8.78 Å². The lowest BCUT2D eigenvalue weighted by Gasteiger charge is -2.45. The molecule has 1 saturated heterocycles. The van der Waals surface area contributed by atoms with Gasteiger partial charge in [0.15, 0.2) is 0 Å². The van der Waals surface area contributed by atoms with Crippen LogP contribution in [0.3, 0.4) is 0 Å². The van der Waals surface area contributed by atoms with Crippen molar-refractivity contribution < 1.29 is 13.5 Å². The fourth-order valence-electron chi connectivity index (χ4n) is 2.94. The number of hydrogen-bond acceptors (Lipinski definition) is 2. The number of hydrogen-bond donors (Lipinski definition) is 1. The van der Waals surface area contributed by atoms with Gasteiger partial charge in [0.2, 0.25) is 5.92 Å². The second-order valence-electron chi connectivity index (χ2n) is 4.56. The summed E-state index contributed by atoms with van der Waals surface area (Å²) in [5.74, 6) is -2.04. The summed E-state index contributed by atoms with van der Waals surface area (Å²) < 4.78 is 31.8. The standard InChI is InChI=1S/C10H17F2NO/c11-10(12)3-7-5-14-6-8(4-10)9(7)1-2-13/h7-9H,1-6,13H2. The van der Waals surface area contributed by atoms with Crippen LogP contribution in [-0.2, 0) is 4.74 Å². The SMILES string of the molecule is NCCC1C2COCC1CC(F)(F)C2. The highest BCUT2D eigenvalue weighted by atomic mass is 19.3. The predicted octanol–water partition coefficient (Wildman–Crippen LogP) is 1.64. The molecule has 4 heteroatoms. The van der Waals surface area contributed by atoms with Gasteiger partial charge in [0.05, 0.1) is 0 Å². The number of rotatable bonds is 2. The second-order valence-corrected chi connectivity index (χ2v) is 4.56. The Bertz CT molecular complexity index is 194. The summed E-state index contributed by atoms with van der Waals surface area (Å²) in [6, 6.07) is 0. The van der Waals surface area contributed by atoms with Crippen LogP contribution in [0.15, 0.2) is 0 Å². The molecule has 2 rings (SSSR count). The average molecular weight is 205 g/mol. The first-order chi connectivity index (χ1) is 6.62. The first-order valence-corrected chi connectivity index (χ1v) is 5.28. The maximum Gasteiger partial charge on any atom is 0.248 e. The van der Waals surface area contributed by atoms with E-state index in [0.29, 0.717) is 25.7 Å². The van der Waals surface area contributed by atoms with Gasteiger partial charge < -0.3 is 10.5 Å². The van der Waals surface area contributed by atoms with Crippen molar-refractivity contribution in [2.45, 2.75) is 25.2 Å². The van der Waals surface area contributed by atoms with Crippen LogP contribution in [0.2, 0.25) is 0 Å². The number of halogens is 2. The molecule has 2 N–H and O–H groups in total. The minimum Gasteiger partial charge on any atom is -0.381 e. The summed E-state index contributed by atoms with van der Waals surface area (Å²) in [6.45, 7) is 1.59. The van der Waals surface area contributed by atoms with E-state index in [4.69, 9.17) is 10.5 Å². The minimum absolute atomic E-state index is 0.00579. The molecule has 1 heterocycles. The molecule has 2 fully saturated rings. The predicted molar refractivity (Wildman–Crippen MR) is 49.1 cm³/mol. The van der Waals surface area contributed by atoms with Gasteiger partial charge in [0.25, 0.3) is 0 Å². The lowest BCUT2D eigenvalue weighted by Crippen LogP contribution is -2.47. The summed E-state index contributed by atoms with van der Waals surface area (Å²) in [6.07, 6.45) is 0.858. The van der Waals surface area contributed by atoms with E-state index in [1.807, 2.05) is 0 Å². The molecule has 14 heavy (non-hydrogen) atoms. The molecule has 0 radical (unpaired) electrons. The highest BCUT2D eigenvalue weighted by molar-refractivity contribution is 4.92. The second kappa shape index (κ2) is 3.74. The average Bonchev–Trinajstić information content (AvgIpc) is 2.06. The van der Waals surface area contributed by atoms with Crippen molar-refractivity contribution in [2.24, 2.45) is 23.5 Å². The van der Waals surface area contributed by atoms with E-state index in [9.17, 15) is 8.78 Å². The molecule has 2 aliphatic rings. The highest BCUT2D eigenvalue weighted by Crippen LogP contribution is 2.47. The Kier molecular flexibility index (Phi) is 2.75. The normalized spacial score (nSPS) is 40.9. The maximum absolute atomic E-state index is 13.3. The molecule has 0 aromatic carbocycles. The summed E-state index contributed by atoms with van der Waals surface area (Å²) in [7, 11) is 0. The van der Waals surface area contributed by atoms with Crippen LogP contribution in [-0.4, -0.2) is 25.7 Å². The van der Waals surface area contributed by atoms with Crippen LogP contribution in [0, 0.1) is 17.8 Å². The van der Waals surface area contributed by atoms with Gasteiger partial charge in [-0.3, -0.25) is 0 Å². The van der Waals surface area contributed by atoms with Crippen molar-refractivity contribution in [3.8, 4) is 0 Å². The molecule has 0 aromatic heterocycles. The smallest absolute Gasteiger partial charge is 0.248 e. The Morgan fingerprint density at radius 1 is 1.21 bits per heavy atom. The van der Waals surface area contributed by atoms with Crippen molar-refractivity contribution in [2.75, 3.05) is 19.8 Å². The van der Waals surface area contributed by atoms with E-state index in [1.54, 1.807) is 0 Å². The van der Waals surface area contributed by atoms with Gasteiger partial charge in [-0.1, -0.05) is 0 Å². The summed E-state index contributed by atoms with van der Waals surface area (Å²) in [4.78, 5) is 0. The van der Waals surface area contributed by atoms with Gasteiger partial charge in [-0.05, 0) is 30.7 Å². The van der Waals surface area contributed by atoms with Gasteiger partial charge in [-0.15, -0.1) is 0 Å². The van der Waals surface area contributed by atoms with E-state index in [-0.39, 0.29) is 24.7 Å². The Labute approximate surface area is 82.8 Å². The molecule has 82 valence electrons. The molecule has 1 aliphatic carbocycles. The molecule has 2 atom stereocenters. The molecule has 2 unspecified atom stereocenters. The summed E-state index contributed by atoms with van der Waals surface area (Å²) in [5.41, 5.74) is 5.50. The van der Waals surface area contributed by atoms with Crippen molar-refractivity contribution in [1.29, 1.82) is 0 Å². The molecule has 0 spiro atoms. The maximum atomic E-state index is 13.3. The lowest BCUT2D eigenvalue weighted by atomic mass is 9.68. The van der Waals surface area contributed by atoms with Gasteiger partial charge in [0.1, 0.15) is 0 Å². The Morgan fingerprint density at radius 3 is 2.29 bits per heavy atom. The van der Waals surface area contributed by atoms with Crippen molar-refractivity contribution in [3.05, 3.63) is 0 Å². The van der Waals surface area contributed by atoms with Crippen molar-refractivity contribution in [3.63, 3.8) is 0 Å². The van der Waals surface area contributed by atoms with Gasteiger partial charge in [-0.25, -0.2) is 8.78 Å². The topological polar surface area (TPSA) is 35.2 Å². The van der Waals surface area contributed by atoms with E-state index in [2.05, 4.69) is 0 Å². The fourth-order valence-corrected chi connectivity index (χ4v) is 2.94. The van der Waals surface area contributed by atoms with E-state index in [0.717, 1.165) is 6.42 Å². The largest absolute Gasteiger partial charge is 0.381 e. The summed E-state index contributed by atoms with van der Waals surface area (Å²) in [5, 5.41) is 0. The first-order valence-electron chi connectivity index (χ1n) is 5.28. The first kappa shape index (κ1) is 10.3. The van der Waals surface area contributed by atoms with Crippen molar-refractivity contribution in [1.82, 2.24) is 0 Å². The van der Waals surface area contributed by atoms with Crippen LogP contribution in [0.25, 0.3) is 0 Å². The third-order valence-corrected chi connectivity index (χ3v) is 3.50. The molecular formula is C10H17F2NO. The zero-order chi connectivity index (χ0) is 10.2. The zero-order valence-corrected chi connectivity index (χ0v) is 8.22. The van der Waals surface area contributed by atoms with Crippen LogP contribution in [0.1, 0.15) is 19.3 Å². The lowest BCUT2D eigenvalue weighted by molar-refractivity contribution is -0.155.